The average Bonchev–Trinajstić information content (AvgIpc) is 2.79. The second kappa shape index (κ2) is 9.55. The van der Waals surface area contributed by atoms with Crippen molar-refractivity contribution in [2.45, 2.75) is 44.7 Å². The van der Waals surface area contributed by atoms with Crippen LogP contribution in [-0.4, -0.2) is 17.4 Å². The Hall–Kier alpha value is -3.15. The van der Waals surface area contributed by atoms with Gasteiger partial charge in [0.05, 0.1) is 6.42 Å². The maximum absolute atomic E-state index is 13.2. The fourth-order valence-corrected chi connectivity index (χ4v) is 4.13. The van der Waals surface area contributed by atoms with E-state index >= 15 is 0 Å². The maximum Gasteiger partial charge on any atom is 0.433 e. The predicted octanol–water partition coefficient (Wildman–Crippen LogP) is 5.80. The molecule has 1 heterocycles. The highest BCUT2D eigenvalue weighted by Gasteiger charge is 2.32. The summed E-state index contributed by atoms with van der Waals surface area (Å²) in [5, 5.41) is 0. The second-order valence-electron chi connectivity index (χ2n) is 8.17. The fraction of sp³-hybridized carbons (Fsp3) is 0.308. The van der Waals surface area contributed by atoms with Crippen LogP contribution in [0.5, 0.6) is 0 Å². The van der Waals surface area contributed by atoms with E-state index in [-0.39, 0.29) is 12.3 Å². The van der Waals surface area contributed by atoms with Crippen LogP contribution in [0.1, 0.15) is 40.8 Å². The third-order valence-corrected chi connectivity index (χ3v) is 5.88. The van der Waals surface area contributed by atoms with Gasteiger partial charge in [0.1, 0.15) is 5.69 Å². The van der Waals surface area contributed by atoms with Crippen molar-refractivity contribution in [1.82, 2.24) is 4.98 Å². The molecule has 4 rings (SSSR count). The van der Waals surface area contributed by atoms with Crippen LogP contribution < -0.4 is 4.90 Å². The number of aryl methyl sites for hydroxylation is 2. The van der Waals surface area contributed by atoms with Gasteiger partial charge >= 0.3 is 6.18 Å². The zero-order chi connectivity index (χ0) is 22.6. The molecule has 0 N–H and O–H groups in total. The number of alkyl halides is 3. The lowest BCUT2D eigenvalue weighted by atomic mass is 9.91. The molecule has 1 aliphatic carbocycles. The molecule has 0 aliphatic heterocycles. The molecule has 0 bridgehead atoms. The largest absolute Gasteiger partial charge is 0.433 e. The van der Waals surface area contributed by atoms with Crippen LogP contribution in [0, 0.1) is 0 Å². The molecule has 1 amide bonds. The molecule has 0 radical (unpaired) electrons. The molecule has 3 nitrogen and oxygen atoms in total. The third kappa shape index (κ3) is 5.36. The van der Waals surface area contributed by atoms with Gasteiger partial charge in [0.15, 0.2) is 0 Å². The summed E-state index contributed by atoms with van der Waals surface area (Å²) >= 11 is 0. The van der Waals surface area contributed by atoms with Crippen molar-refractivity contribution in [1.29, 1.82) is 0 Å². The Bertz CT molecular complexity index is 1060. The van der Waals surface area contributed by atoms with E-state index in [2.05, 4.69) is 17.1 Å². The standard InChI is InChI=1S/C26H25F3N2O/c27-26(28,29)24-13-10-20(18-30-24)14-15-31(25(32)16-19-6-2-1-3-7-19)23-12-11-21-8-4-5-9-22(21)17-23/h1-3,6-7,10-13,17-18H,4-5,8-9,14-16H2. The summed E-state index contributed by atoms with van der Waals surface area (Å²) in [6.07, 6.45) is 1.87. The first kappa shape index (κ1) is 22.1. The van der Waals surface area contributed by atoms with E-state index in [4.69, 9.17) is 0 Å². The first-order valence-corrected chi connectivity index (χ1v) is 10.9. The van der Waals surface area contributed by atoms with Crippen LogP contribution >= 0.6 is 0 Å². The van der Waals surface area contributed by atoms with Gasteiger partial charge in [0.2, 0.25) is 5.91 Å². The van der Waals surface area contributed by atoms with Gasteiger partial charge in [0, 0.05) is 18.4 Å². The van der Waals surface area contributed by atoms with Crippen molar-refractivity contribution in [3.8, 4) is 0 Å². The molecule has 0 fully saturated rings. The number of hydrogen-bond acceptors (Lipinski definition) is 2. The van der Waals surface area contributed by atoms with Crippen LogP contribution in [0.15, 0.2) is 66.9 Å². The molecule has 0 atom stereocenters. The van der Waals surface area contributed by atoms with E-state index in [1.54, 1.807) is 4.90 Å². The minimum absolute atomic E-state index is 0.0353. The molecular weight excluding hydrogens is 413 g/mol. The van der Waals surface area contributed by atoms with Crippen LogP contribution in [0.2, 0.25) is 0 Å². The van der Waals surface area contributed by atoms with Crippen molar-refractivity contribution in [2.75, 3.05) is 11.4 Å². The van der Waals surface area contributed by atoms with Gasteiger partial charge in [-0.2, -0.15) is 13.2 Å². The molecule has 166 valence electrons. The van der Waals surface area contributed by atoms with Crippen LogP contribution in [0.4, 0.5) is 18.9 Å². The number of pyridine rings is 1. The summed E-state index contributed by atoms with van der Waals surface area (Å²) in [5.41, 5.74) is 4.13. The fourth-order valence-electron chi connectivity index (χ4n) is 4.13. The van der Waals surface area contributed by atoms with Crippen LogP contribution in [-0.2, 0) is 36.7 Å². The van der Waals surface area contributed by atoms with E-state index in [9.17, 15) is 18.0 Å². The summed E-state index contributed by atoms with van der Waals surface area (Å²) in [4.78, 5) is 18.5. The number of carbonyl (C=O) groups excluding carboxylic acids is 1. The Kier molecular flexibility index (Phi) is 6.58. The van der Waals surface area contributed by atoms with Gasteiger partial charge in [-0.15, -0.1) is 0 Å². The first-order valence-electron chi connectivity index (χ1n) is 10.9. The number of carbonyl (C=O) groups is 1. The molecule has 32 heavy (non-hydrogen) atoms. The van der Waals surface area contributed by atoms with Gasteiger partial charge < -0.3 is 4.90 Å². The molecule has 2 aromatic carbocycles. The maximum atomic E-state index is 13.2. The lowest BCUT2D eigenvalue weighted by Crippen LogP contribution is -2.34. The van der Waals surface area contributed by atoms with Crippen molar-refractivity contribution in [3.05, 3.63) is 94.8 Å². The Morgan fingerprint density at radius 1 is 0.906 bits per heavy atom. The summed E-state index contributed by atoms with van der Waals surface area (Å²) in [7, 11) is 0. The Morgan fingerprint density at radius 3 is 2.34 bits per heavy atom. The van der Waals surface area contributed by atoms with Crippen molar-refractivity contribution in [3.63, 3.8) is 0 Å². The predicted molar refractivity (Wildman–Crippen MR) is 119 cm³/mol. The Balaban J connectivity index is 1.55. The molecular formula is C26H25F3N2O. The summed E-state index contributed by atoms with van der Waals surface area (Å²) in [5.74, 6) is -0.0353. The molecule has 0 spiro atoms. The number of fused-ring (bicyclic) bond motifs is 1. The summed E-state index contributed by atoms with van der Waals surface area (Å²) in [6.45, 7) is 0.373. The van der Waals surface area contributed by atoms with Gasteiger partial charge in [0.25, 0.3) is 0 Å². The molecule has 1 aliphatic rings. The number of halogens is 3. The lowest BCUT2D eigenvalue weighted by Gasteiger charge is -2.26. The van der Waals surface area contributed by atoms with Gasteiger partial charge in [-0.1, -0.05) is 42.5 Å². The van der Waals surface area contributed by atoms with Crippen molar-refractivity contribution >= 4 is 11.6 Å². The zero-order valence-electron chi connectivity index (χ0n) is 17.7. The topological polar surface area (TPSA) is 33.2 Å². The molecule has 3 aromatic rings. The number of rotatable bonds is 6. The zero-order valence-corrected chi connectivity index (χ0v) is 17.7. The molecule has 6 heteroatoms. The highest BCUT2D eigenvalue weighted by molar-refractivity contribution is 5.95. The normalized spacial score (nSPS) is 13.5. The number of nitrogens with zero attached hydrogens (tertiary/aromatic N) is 2. The minimum atomic E-state index is -4.46. The van der Waals surface area contributed by atoms with Gasteiger partial charge in [-0.25, -0.2) is 0 Å². The SMILES string of the molecule is O=C(Cc1ccccc1)N(CCc1ccc(C(F)(F)F)nc1)c1ccc2c(c1)CCCC2. The number of benzene rings is 2. The average molecular weight is 438 g/mol. The van der Waals surface area contributed by atoms with E-state index in [1.165, 1.54) is 29.8 Å². The van der Waals surface area contributed by atoms with E-state index in [0.29, 0.717) is 18.5 Å². The number of anilines is 1. The summed E-state index contributed by atoms with van der Waals surface area (Å²) in [6, 6.07) is 18.2. The highest BCUT2D eigenvalue weighted by atomic mass is 19.4. The second-order valence-corrected chi connectivity index (χ2v) is 8.17. The Labute approximate surface area is 185 Å². The van der Waals surface area contributed by atoms with E-state index < -0.39 is 11.9 Å². The van der Waals surface area contributed by atoms with Gasteiger partial charge in [-0.05, 0) is 72.6 Å². The number of amides is 1. The lowest BCUT2D eigenvalue weighted by molar-refractivity contribution is -0.141. The first-order chi connectivity index (χ1) is 15.4. The van der Waals surface area contributed by atoms with Gasteiger partial charge in [-0.3, -0.25) is 9.78 Å². The third-order valence-electron chi connectivity index (χ3n) is 5.88. The van der Waals surface area contributed by atoms with E-state index in [1.807, 2.05) is 36.4 Å². The summed E-state index contributed by atoms with van der Waals surface area (Å²) < 4.78 is 38.4. The monoisotopic (exact) mass is 438 g/mol. The highest BCUT2D eigenvalue weighted by Crippen LogP contribution is 2.28. The van der Waals surface area contributed by atoms with Crippen LogP contribution in [0.25, 0.3) is 0 Å². The molecule has 0 saturated carbocycles. The molecule has 1 aromatic heterocycles. The Morgan fingerprint density at radius 2 is 1.66 bits per heavy atom. The smallest absolute Gasteiger partial charge is 0.312 e. The minimum Gasteiger partial charge on any atom is -0.312 e. The van der Waals surface area contributed by atoms with Crippen molar-refractivity contribution in [2.24, 2.45) is 0 Å². The number of hydrogen-bond donors (Lipinski definition) is 0. The number of aromatic nitrogens is 1. The van der Waals surface area contributed by atoms with Crippen molar-refractivity contribution < 1.29 is 18.0 Å². The quantitative estimate of drug-likeness (QED) is 0.488. The van der Waals surface area contributed by atoms with Crippen LogP contribution in [0.3, 0.4) is 0 Å². The molecule has 0 saturated heterocycles. The van der Waals surface area contributed by atoms with E-state index in [0.717, 1.165) is 36.6 Å². The molecule has 0 unspecified atom stereocenters.